The van der Waals surface area contributed by atoms with Crippen LogP contribution in [0.25, 0.3) is 0 Å². The second-order valence-electron chi connectivity index (χ2n) is 14.6. The topological polar surface area (TPSA) is 306 Å². The van der Waals surface area contributed by atoms with E-state index in [1.807, 2.05) is 24.8 Å². The zero-order valence-electron chi connectivity index (χ0n) is 35.8. The number of hydrogen-bond acceptors (Lipinski definition) is 10. The summed E-state index contributed by atoms with van der Waals surface area (Å²) in [6.45, 7) is 3.64. The Morgan fingerprint density at radius 1 is 0.587 bits per heavy atom. The molecule has 3 aromatic rings. The highest BCUT2D eigenvalue weighted by atomic mass is 16.3. The van der Waals surface area contributed by atoms with Gasteiger partial charge in [0.1, 0.15) is 30.2 Å². The molecule has 19 nitrogen and oxygen atoms in total. The third-order valence-corrected chi connectivity index (χ3v) is 9.88. The van der Waals surface area contributed by atoms with Gasteiger partial charge >= 0.3 is 0 Å². The van der Waals surface area contributed by atoms with Crippen molar-refractivity contribution < 1.29 is 38.7 Å². The van der Waals surface area contributed by atoms with Gasteiger partial charge in [-0.3, -0.25) is 38.6 Å². The number of benzene rings is 3. The van der Waals surface area contributed by atoms with Crippen LogP contribution in [-0.2, 0) is 52.8 Å². The molecule has 0 spiro atoms. The van der Waals surface area contributed by atoms with E-state index in [1.165, 1.54) is 0 Å². The molecule has 13 N–H and O–H groups in total. The SMILES string of the molecule is CCN(CC)C(N)=NCCC[C@H](NC(=O)[C@H](Cc1ccccc1)NC(=O)[C@H](CO)NC(=O)[C@H](Cc1ccccc1)NC(=O)CNC(=O)CN)C(=O)N[C@@H](Cc1ccccc1)C(N)=O. The molecule has 0 aromatic heterocycles. The lowest BCUT2D eigenvalue weighted by molar-refractivity contribution is -0.135. The molecule has 5 atom stereocenters. The zero-order chi connectivity index (χ0) is 46.1. The minimum Gasteiger partial charge on any atom is -0.394 e. The van der Waals surface area contributed by atoms with Crippen LogP contribution in [0.1, 0.15) is 43.4 Å². The van der Waals surface area contributed by atoms with E-state index in [4.69, 9.17) is 17.2 Å². The van der Waals surface area contributed by atoms with Crippen molar-refractivity contribution in [3.05, 3.63) is 108 Å². The molecule has 3 rings (SSSR count). The highest BCUT2D eigenvalue weighted by Gasteiger charge is 2.32. The molecule has 340 valence electrons. The Bertz CT molecular complexity index is 1970. The number of rotatable bonds is 26. The average molecular weight is 872 g/mol. The van der Waals surface area contributed by atoms with Gasteiger partial charge in [0.05, 0.1) is 19.7 Å². The Labute approximate surface area is 367 Å². The second kappa shape index (κ2) is 27.2. The quantitative estimate of drug-likeness (QED) is 0.0242. The number of guanidine groups is 1. The molecule has 3 aromatic carbocycles. The summed E-state index contributed by atoms with van der Waals surface area (Å²) < 4.78 is 0. The van der Waals surface area contributed by atoms with Crippen molar-refractivity contribution in [1.29, 1.82) is 0 Å². The van der Waals surface area contributed by atoms with Crippen LogP contribution in [0, 0.1) is 0 Å². The molecule has 0 bridgehead atoms. The monoisotopic (exact) mass is 871 g/mol. The number of nitrogens with one attached hydrogen (secondary N) is 6. The van der Waals surface area contributed by atoms with E-state index in [1.54, 1.807) is 84.9 Å². The van der Waals surface area contributed by atoms with E-state index in [-0.39, 0.29) is 45.2 Å². The summed E-state index contributed by atoms with van der Waals surface area (Å²) in [4.78, 5) is 98.9. The fraction of sp³-hybridized carbons (Fsp3) is 0.409. The third-order valence-electron chi connectivity index (χ3n) is 9.88. The number of carbonyl (C=O) groups is 7. The highest BCUT2D eigenvalue weighted by Crippen LogP contribution is 2.10. The molecule has 0 saturated heterocycles. The van der Waals surface area contributed by atoms with E-state index >= 15 is 0 Å². The first-order chi connectivity index (χ1) is 30.3. The smallest absolute Gasteiger partial charge is 0.245 e. The van der Waals surface area contributed by atoms with Gasteiger partial charge in [-0.2, -0.15) is 0 Å². The molecule has 0 saturated carbocycles. The molecule has 19 heteroatoms. The van der Waals surface area contributed by atoms with Gasteiger partial charge in [-0.15, -0.1) is 0 Å². The second-order valence-corrected chi connectivity index (χ2v) is 14.6. The number of carbonyl (C=O) groups excluding carboxylic acids is 7. The van der Waals surface area contributed by atoms with Crippen LogP contribution in [0.5, 0.6) is 0 Å². The summed E-state index contributed by atoms with van der Waals surface area (Å²) in [5, 5.41) is 25.7. The first kappa shape index (κ1) is 50.5. The van der Waals surface area contributed by atoms with Gasteiger partial charge in [-0.25, -0.2) is 0 Å². The number of aliphatic hydroxyl groups excluding tert-OH is 1. The van der Waals surface area contributed by atoms with Crippen molar-refractivity contribution in [1.82, 2.24) is 36.8 Å². The van der Waals surface area contributed by atoms with Crippen molar-refractivity contribution in [3.8, 4) is 0 Å². The van der Waals surface area contributed by atoms with Crippen LogP contribution < -0.4 is 49.1 Å². The van der Waals surface area contributed by atoms with Gasteiger partial charge < -0.3 is 59.1 Å². The fourth-order valence-corrected chi connectivity index (χ4v) is 6.38. The van der Waals surface area contributed by atoms with Crippen LogP contribution in [0.15, 0.2) is 96.0 Å². The normalized spacial score (nSPS) is 13.5. The van der Waals surface area contributed by atoms with Gasteiger partial charge in [0.15, 0.2) is 5.96 Å². The third kappa shape index (κ3) is 17.9. The molecule has 0 aliphatic carbocycles. The maximum absolute atomic E-state index is 14.2. The highest BCUT2D eigenvalue weighted by molar-refractivity contribution is 5.97. The van der Waals surface area contributed by atoms with Gasteiger partial charge in [-0.05, 0) is 43.4 Å². The Kier molecular flexibility index (Phi) is 21.8. The number of aliphatic hydroxyl groups is 1. The van der Waals surface area contributed by atoms with Gasteiger partial charge in [0.2, 0.25) is 41.4 Å². The Morgan fingerprint density at radius 3 is 1.46 bits per heavy atom. The van der Waals surface area contributed by atoms with Crippen LogP contribution in [0.4, 0.5) is 0 Å². The van der Waals surface area contributed by atoms with Crippen LogP contribution in [-0.4, -0.2) is 127 Å². The molecule has 0 heterocycles. The van der Waals surface area contributed by atoms with Crippen molar-refractivity contribution in [2.24, 2.45) is 22.2 Å². The number of nitrogens with two attached hydrogens (primary N) is 3. The van der Waals surface area contributed by atoms with Crippen molar-refractivity contribution >= 4 is 47.3 Å². The molecule has 7 amide bonds. The van der Waals surface area contributed by atoms with E-state index < -0.39 is 84.7 Å². The molecule has 0 fully saturated rings. The Balaban J connectivity index is 1.87. The van der Waals surface area contributed by atoms with Crippen LogP contribution >= 0.6 is 0 Å². The van der Waals surface area contributed by atoms with E-state index in [0.717, 1.165) is 5.56 Å². The van der Waals surface area contributed by atoms with Crippen molar-refractivity contribution in [2.75, 3.05) is 39.3 Å². The largest absolute Gasteiger partial charge is 0.394 e. The molecular weight excluding hydrogens is 811 g/mol. The minimum atomic E-state index is -1.60. The summed E-state index contributed by atoms with van der Waals surface area (Å²) in [7, 11) is 0. The lowest BCUT2D eigenvalue weighted by Crippen LogP contribution is -2.60. The van der Waals surface area contributed by atoms with Crippen molar-refractivity contribution in [2.45, 2.75) is 76.2 Å². The summed E-state index contributed by atoms with van der Waals surface area (Å²) >= 11 is 0. The predicted octanol–water partition coefficient (Wildman–Crippen LogP) is -1.87. The zero-order valence-corrected chi connectivity index (χ0v) is 35.8. The maximum Gasteiger partial charge on any atom is 0.245 e. The number of aliphatic imine (C=N–C) groups is 1. The van der Waals surface area contributed by atoms with E-state index in [0.29, 0.717) is 30.2 Å². The lowest BCUT2D eigenvalue weighted by atomic mass is 10.0. The number of nitrogens with zero attached hydrogens (tertiary/aromatic N) is 2. The molecular formula is C44H61N11O8. The number of hydrogen-bond donors (Lipinski definition) is 10. The summed E-state index contributed by atoms with van der Waals surface area (Å²) in [6, 6.07) is 19.8. The first-order valence-corrected chi connectivity index (χ1v) is 20.8. The number of amides is 7. The minimum absolute atomic E-state index is 0.0131. The maximum atomic E-state index is 14.2. The average Bonchev–Trinajstić information content (AvgIpc) is 3.28. The molecule has 0 radical (unpaired) electrons. The first-order valence-electron chi connectivity index (χ1n) is 20.8. The summed E-state index contributed by atoms with van der Waals surface area (Å²) in [5.41, 5.74) is 19.2. The standard InChI is InChI=1S/C44H61N11O8/c1-3-55(4-2)44(47)48-22-14-21-32(40(60)52-33(39(46)59)23-29-15-8-5-9-16-29)51-42(62)35(25-31-19-12-7-13-20-31)53-43(63)36(28-56)54-41(61)34(24-30-17-10-6-11-18-30)50-38(58)27-49-37(57)26-45/h5-13,15-20,32-36,56H,3-4,14,21-28,45H2,1-2H3,(H2,46,59)(H2,47,48)(H,49,57)(H,50,58)(H,51,62)(H,52,60)(H,53,63)(H,54,61)/t32-,33-,34-,35-,36-/m0/s1. The molecule has 0 aliphatic rings. The Hall–Kier alpha value is -6.86. The lowest BCUT2D eigenvalue weighted by Gasteiger charge is -2.27. The molecule has 0 aliphatic heterocycles. The fourth-order valence-electron chi connectivity index (χ4n) is 6.38. The Morgan fingerprint density at radius 2 is 1.00 bits per heavy atom. The van der Waals surface area contributed by atoms with E-state index in [2.05, 4.69) is 36.9 Å². The van der Waals surface area contributed by atoms with Gasteiger partial charge in [-0.1, -0.05) is 91.0 Å². The van der Waals surface area contributed by atoms with Crippen LogP contribution in [0.3, 0.4) is 0 Å². The van der Waals surface area contributed by atoms with Crippen LogP contribution in [0.2, 0.25) is 0 Å². The summed E-state index contributed by atoms with van der Waals surface area (Å²) in [6.07, 6.45) is 0.350. The van der Waals surface area contributed by atoms with Crippen molar-refractivity contribution in [3.63, 3.8) is 0 Å². The van der Waals surface area contributed by atoms with Gasteiger partial charge in [0, 0.05) is 38.9 Å². The molecule has 0 unspecified atom stereocenters. The van der Waals surface area contributed by atoms with E-state index in [9.17, 15) is 38.7 Å². The summed E-state index contributed by atoms with van der Waals surface area (Å²) in [5.74, 6) is -5.03. The van der Waals surface area contributed by atoms with Gasteiger partial charge in [0.25, 0.3) is 0 Å². The number of primary amides is 1. The predicted molar refractivity (Wildman–Crippen MR) is 237 cm³/mol. The molecule has 63 heavy (non-hydrogen) atoms.